The third kappa shape index (κ3) is 6.29. The fourth-order valence-electron chi connectivity index (χ4n) is 2.88. The molecule has 27 heavy (non-hydrogen) atoms. The Kier molecular flexibility index (Phi) is 7.67. The molecule has 1 saturated heterocycles. The number of ether oxygens (including phenoxy) is 4. The van der Waals surface area contributed by atoms with Gasteiger partial charge in [-0.15, -0.1) is 0 Å². The van der Waals surface area contributed by atoms with Gasteiger partial charge < -0.3 is 23.8 Å². The summed E-state index contributed by atoms with van der Waals surface area (Å²) < 4.78 is 21.4. The molecule has 7 heteroatoms. The number of hydrogen-bond donors (Lipinski definition) is 0. The highest BCUT2D eigenvalue weighted by atomic mass is 16.5. The molecular formula is C20H27NO6. The van der Waals surface area contributed by atoms with Gasteiger partial charge in [0.1, 0.15) is 0 Å². The summed E-state index contributed by atoms with van der Waals surface area (Å²) in [6.45, 7) is 6.97. The SMILES string of the molecule is CCOc1ccc(/C=C/C(=O)OCC(=O)N2C[C@@H](C)O[C@@H](C)C2)cc1OC. The standard InChI is InChI=1S/C20H27NO6/c1-5-25-17-8-6-16(10-18(17)24-4)7-9-20(23)26-13-19(22)21-11-14(2)27-15(3)12-21/h6-10,14-15H,5,11-13H2,1-4H3/b9-7+/t14-,15+. The maximum Gasteiger partial charge on any atom is 0.331 e. The van der Waals surface area contributed by atoms with Gasteiger partial charge in [-0.1, -0.05) is 6.07 Å². The number of morpholine rings is 1. The summed E-state index contributed by atoms with van der Waals surface area (Å²) in [7, 11) is 1.55. The maximum atomic E-state index is 12.2. The van der Waals surface area contributed by atoms with E-state index in [0.717, 1.165) is 5.56 Å². The quantitative estimate of drug-likeness (QED) is 0.536. The first-order chi connectivity index (χ1) is 12.9. The number of amides is 1. The molecular weight excluding hydrogens is 350 g/mol. The van der Waals surface area contributed by atoms with Crippen LogP contribution in [0.3, 0.4) is 0 Å². The van der Waals surface area contributed by atoms with Gasteiger partial charge in [0.15, 0.2) is 18.1 Å². The molecule has 0 saturated carbocycles. The molecule has 148 valence electrons. The van der Waals surface area contributed by atoms with Crippen LogP contribution in [0.1, 0.15) is 26.3 Å². The van der Waals surface area contributed by atoms with E-state index in [1.807, 2.05) is 20.8 Å². The normalized spacial score (nSPS) is 19.8. The molecule has 0 N–H and O–H groups in total. The molecule has 1 heterocycles. The van der Waals surface area contributed by atoms with Crippen molar-refractivity contribution < 1.29 is 28.5 Å². The number of esters is 1. The molecule has 2 atom stereocenters. The van der Waals surface area contributed by atoms with Crippen LogP contribution < -0.4 is 9.47 Å². The van der Waals surface area contributed by atoms with Crippen LogP contribution in [-0.4, -0.2) is 62.4 Å². The predicted molar refractivity (Wildman–Crippen MR) is 101 cm³/mol. The minimum Gasteiger partial charge on any atom is -0.493 e. The number of nitrogens with zero attached hydrogens (tertiary/aromatic N) is 1. The van der Waals surface area contributed by atoms with E-state index >= 15 is 0 Å². The molecule has 1 aliphatic heterocycles. The second-order valence-corrected chi connectivity index (χ2v) is 6.34. The molecule has 2 rings (SSSR count). The number of benzene rings is 1. The average Bonchev–Trinajstić information content (AvgIpc) is 2.64. The van der Waals surface area contributed by atoms with E-state index in [2.05, 4.69) is 0 Å². The largest absolute Gasteiger partial charge is 0.493 e. The van der Waals surface area contributed by atoms with Crippen molar-refractivity contribution in [1.29, 1.82) is 0 Å². The first kappa shape index (κ1) is 20.8. The Hall–Kier alpha value is -2.54. The molecule has 1 fully saturated rings. The summed E-state index contributed by atoms with van der Waals surface area (Å²) in [5.74, 6) is 0.421. The van der Waals surface area contributed by atoms with Crippen LogP contribution in [0.25, 0.3) is 6.08 Å². The van der Waals surface area contributed by atoms with Crippen LogP contribution in [0, 0.1) is 0 Å². The predicted octanol–water partition coefficient (Wildman–Crippen LogP) is 2.29. The van der Waals surface area contributed by atoms with Crippen LogP contribution in [-0.2, 0) is 19.1 Å². The summed E-state index contributed by atoms with van der Waals surface area (Å²) in [6.07, 6.45) is 2.84. The van der Waals surface area contributed by atoms with Crippen molar-refractivity contribution in [2.75, 3.05) is 33.4 Å². The Bertz CT molecular complexity index is 677. The van der Waals surface area contributed by atoms with Gasteiger partial charge in [0.2, 0.25) is 0 Å². The Labute approximate surface area is 159 Å². The molecule has 7 nitrogen and oxygen atoms in total. The molecule has 0 unspecified atom stereocenters. The minimum atomic E-state index is -0.578. The van der Waals surface area contributed by atoms with Gasteiger partial charge in [0.05, 0.1) is 25.9 Å². The summed E-state index contributed by atoms with van der Waals surface area (Å²) >= 11 is 0. The third-order valence-corrected chi connectivity index (χ3v) is 4.01. The lowest BCUT2D eigenvalue weighted by atomic mass is 10.2. The summed E-state index contributed by atoms with van der Waals surface area (Å²) in [5, 5.41) is 0. The second kappa shape index (κ2) is 9.97. The van der Waals surface area contributed by atoms with Crippen LogP contribution in [0.15, 0.2) is 24.3 Å². The van der Waals surface area contributed by atoms with Gasteiger partial charge >= 0.3 is 5.97 Å². The van der Waals surface area contributed by atoms with E-state index in [0.29, 0.717) is 31.2 Å². The average molecular weight is 377 g/mol. The van der Waals surface area contributed by atoms with Crippen molar-refractivity contribution in [3.8, 4) is 11.5 Å². The zero-order valence-corrected chi connectivity index (χ0v) is 16.3. The Morgan fingerprint density at radius 2 is 1.93 bits per heavy atom. The first-order valence-electron chi connectivity index (χ1n) is 9.01. The molecule has 1 aromatic rings. The molecule has 0 aromatic heterocycles. The molecule has 1 aromatic carbocycles. The number of carbonyl (C=O) groups is 2. The van der Waals surface area contributed by atoms with Crippen molar-refractivity contribution in [2.24, 2.45) is 0 Å². The van der Waals surface area contributed by atoms with E-state index in [4.69, 9.17) is 18.9 Å². The second-order valence-electron chi connectivity index (χ2n) is 6.34. The van der Waals surface area contributed by atoms with Crippen LogP contribution in [0.4, 0.5) is 0 Å². The summed E-state index contributed by atoms with van der Waals surface area (Å²) in [6, 6.07) is 5.34. The van der Waals surface area contributed by atoms with E-state index in [-0.39, 0.29) is 24.7 Å². The molecule has 0 radical (unpaired) electrons. The van der Waals surface area contributed by atoms with Crippen LogP contribution >= 0.6 is 0 Å². The van der Waals surface area contributed by atoms with E-state index in [1.165, 1.54) is 6.08 Å². The van der Waals surface area contributed by atoms with Crippen molar-refractivity contribution in [1.82, 2.24) is 4.90 Å². The van der Waals surface area contributed by atoms with Crippen molar-refractivity contribution in [3.63, 3.8) is 0 Å². The maximum absolute atomic E-state index is 12.2. The topological polar surface area (TPSA) is 74.3 Å². The van der Waals surface area contributed by atoms with Crippen molar-refractivity contribution in [3.05, 3.63) is 29.8 Å². The molecule has 0 aliphatic carbocycles. The van der Waals surface area contributed by atoms with Gasteiger partial charge in [-0.2, -0.15) is 0 Å². The van der Waals surface area contributed by atoms with Crippen LogP contribution in [0.5, 0.6) is 11.5 Å². The monoisotopic (exact) mass is 377 g/mol. The van der Waals surface area contributed by atoms with Gasteiger partial charge in [0, 0.05) is 19.2 Å². The fraction of sp³-hybridized carbons (Fsp3) is 0.500. The lowest BCUT2D eigenvalue weighted by Crippen LogP contribution is -2.49. The summed E-state index contributed by atoms with van der Waals surface area (Å²) in [4.78, 5) is 25.7. The number of carbonyl (C=O) groups excluding carboxylic acids is 2. The highest BCUT2D eigenvalue weighted by molar-refractivity contribution is 5.89. The first-order valence-corrected chi connectivity index (χ1v) is 9.01. The zero-order chi connectivity index (χ0) is 19.8. The molecule has 1 amide bonds. The highest BCUT2D eigenvalue weighted by Crippen LogP contribution is 2.28. The Morgan fingerprint density at radius 3 is 2.56 bits per heavy atom. The molecule has 0 bridgehead atoms. The smallest absolute Gasteiger partial charge is 0.331 e. The van der Waals surface area contributed by atoms with Gasteiger partial charge in [-0.05, 0) is 44.5 Å². The van der Waals surface area contributed by atoms with E-state index < -0.39 is 5.97 Å². The Morgan fingerprint density at radius 1 is 1.22 bits per heavy atom. The number of rotatable bonds is 7. The fourth-order valence-corrected chi connectivity index (χ4v) is 2.88. The number of hydrogen-bond acceptors (Lipinski definition) is 6. The van der Waals surface area contributed by atoms with Crippen molar-refractivity contribution >= 4 is 18.0 Å². The molecule has 1 aliphatic rings. The Balaban J connectivity index is 1.87. The van der Waals surface area contributed by atoms with E-state index in [9.17, 15) is 9.59 Å². The lowest BCUT2D eigenvalue weighted by molar-refractivity contribution is -0.154. The van der Waals surface area contributed by atoms with Gasteiger partial charge in [0.25, 0.3) is 5.91 Å². The lowest BCUT2D eigenvalue weighted by Gasteiger charge is -2.35. The zero-order valence-electron chi connectivity index (χ0n) is 16.3. The highest BCUT2D eigenvalue weighted by Gasteiger charge is 2.26. The van der Waals surface area contributed by atoms with Gasteiger partial charge in [-0.3, -0.25) is 4.79 Å². The van der Waals surface area contributed by atoms with Crippen LogP contribution in [0.2, 0.25) is 0 Å². The number of methoxy groups -OCH3 is 1. The minimum absolute atomic E-state index is 0.0251. The van der Waals surface area contributed by atoms with Gasteiger partial charge in [-0.25, -0.2) is 4.79 Å². The van der Waals surface area contributed by atoms with E-state index in [1.54, 1.807) is 36.3 Å². The van der Waals surface area contributed by atoms with Crippen molar-refractivity contribution in [2.45, 2.75) is 33.0 Å². The summed E-state index contributed by atoms with van der Waals surface area (Å²) in [5.41, 5.74) is 0.759. The third-order valence-electron chi connectivity index (χ3n) is 4.01. The molecule has 0 spiro atoms.